The van der Waals surface area contributed by atoms with E-state index in [0.29, 0.717) is 17.4 Å². The molecule has 6 nitrogen and oxygen atoms in total. The SMILES string of the molecule is COC(=O)c1ccc(N2CCN(C(=O)[C@H]3[C@H]4CC[C@H](C4)[C@H]3N)CC2)cc1. The average Bonchev–Trinajstić information content (AvgIpc) is 3.28. The molecular weight excluding hydrogens is 330 g/mol. The predicted octanol–water partition coefficient (Wildman–Crippen LogP) is 1.50. The lowest BCUT2D eigenvalue weighted by molar-refractivity contribution is -0.138. The van der Waals surface area contributed by atoms with Crippen molar-refractivity contribution < 1.29 is 14.3 Å². The average molecular weight is 357 g/mol. The number of methoxy groups -OCH3 is 1. The van der Waals surface area contributed by atoms with E-state index in [9.17, 15) is 9.59 Å². The fraction of sp³-hybridized carbons (Fsp3) is 0.600. The van der Waals surface area contributed by atoms with Crippen molar-refractivity contribution in [2.75, 3.05) is 38.2 Å². The molecule has 0 spiro atoms. The molecule has 26 heavy (non-hydrogen) atoms. The summed E-state index contributed by atoms with van der Waals surface area (Å²) in [7, 11) is 1.38. The number of hydrogen-bond donors (Lipinski definition) is 1. The van der Waals surface area contributed by atoms with Crippen molar-refractivity contribution in [3.63, 3.8) is 0 Å². The number of anilines is 1. The molecule has 1 aromatic rings. The maximum atomic E-state index is 13.0. The van der Waals surface area contributed by atoms with E-state index in [2.05, 4.69) is 4.90 Å². The van der Waals surface area contributed by atoms with E-state index in [0.717, 1.165) is 38.3 Å². The standard InChI is InChI=1S/C20H27N3O3/c1-26-20(25)13-4-6-16(7-5-13)22-8-10-23(11-9-22)19(24)17-14-2-3-15(12-14)18(17)21/h4-7,14-15,17-18H,2-3,8-12,21H2,1H3/t14-,15+,17-,18+/m0/s1. The first-order valence-corrected chi connectivity index (χ1v) is 9.56. The van der Waals surface area contributed by atoms with Crippen molar-refractivity contribution in [1.29, 1.82) is 0 Å². The minimum Gasteiger partial charge on any atom is -0.465 e. The summed E-state index contributed by atoms with van der Waals surface area (Å²) in [6.45, 7) is 3.08. The van der Waals surface area contributed by atoms with Crippen LogP contribution in [0.2, 0.25) is 0 Å². The van der Waals surface area contributed by atoms with E-state index < -0.39 is 0 Å². The van der Waals surface area contributed by atoms with Gasteiger partial charge in [-0.15, -0.1) is 0 Å². The van der Waals surface area contributed by atoms with E-state index in [1.54, 1.807) is 12.1 Å². The van der Waals surface area contributed by atoms with Gasteiger partial charge in [-0.25, -0.2) is 4.79 Å². The first kappa shape index (κ1) is 17.3. The molecule has 0 radical (unpaired) electrons. The summed E-state index contributed by atoms with van der Waals surface area (Å²) in [5.41, 5.74) is 7.97. The third-order valence-electron chi connectivity index (χ3n) is 6.51. The van der Waals surface area contributed by atoms with Gasteiger partial charge in [-0.05, 0) is 55.4 Å². The highest BCUT2D eigenvalue weighted by Gasteiger charge is 2.50. The lowest BCUT2D eigenvalue weighted by atomic mass is 9.84. The number of amides is 1. The van der Waals surface area contributed by atoms with Gasteiger partial charge in [-0.3, -0.25) is 4.79 Å². The molecule has 140 valence electrons. The van der Waals surface area contributed by atoms with Crippen LogP contribution < -0.4 is 10.6 Å². The minimum absolute atomic E-state index is 0.0413. The van der Waals surface area contributed by atoms with Gasteiger partial charge in [0.1, 0.15) is 0 Å². The number of nitrogens with two attached hydrogens (primary N) is 1. The fourth-order valence-corrected chi connectivity index (χ4v) is 5.02. The molecule has 1 aliphatic heterocycles. The van der Waals surface area contributed by atoms with Gasteiger partial charge in [0, 0.05) is 37.9 Å². The van der Waals surface area contributed by atoms with Crippen molar-refractivity contribution in [3.8, 4) is 0 Å². The summed E-state index contributed by atoms with van der Waals surface area (Å²) >= 11 is 0. The maximum Gasteiger partial charge on any atom is 0.337 e. The molecule has 1 saturated heterocycles. The topological polar surface area (TPSA) is 75.9 Å². The Balaban J connectivity index is 1.35. The molecule has 1 aromatic carbocycles. The van der Waals surface area contributed by atoms with Crippen LogP contribution in [-0.2, 0) is 9.53 Å². The third-order valence-corrected chi connectivity index (χ3v) is 6.51. The van der Waals surface area contributed by atoms with Crippen LogP contribution in [0.1, 0.15) is 29.6 Å². The van der Waals surface area contributed by atoms with Crippen LogP contribution in [0, 0.1) is 17.8 Å². The van der Waals surface area contributed by atoms with Crippen molar-refractivity contribution in [1.82, 2.24) is 4.90 Å². The van der Waals surface area contributed by atoms with E-state index >= 15 is 0 Å². The van der Waals surface area contributed by atoms with Crippen LogP contribution in [0.25, 0.3) is 0 Å². The molecule has 1 amide bonds. The smallest absolute Gasteiger partial charge is 0.337 e. The highest BCUT2D eigenvalue weighted by atomic mass is 16.5. The van der Waals surface area contributed by atoms with Gasteiger partial charge in [-0.2, -0.15) is 0 Å². The number of ether oxygens (including phenoxy) is 1. The summed E-state index contributed by atoms with van der Waals surface area (Å²) < 4.78 is 4.73. The summed E-state index contributed by atoms with van der Waals surface area (Å²) in [5, 5.41) is 0. The second-order valence-electron chi connectivity index (χ2n) is 7.79. The van der Waals surface area contributed by atoms with Crippen LogP contribution in [0.3, 0.4) is 0 Å². The van der Waals surface area contributed by atoms with Gasteiger partial charge in [0.15, 0.2) is 0 Å². The molecule has 2 bridgehead atoms. The van der Waals surface area contributed by atoms with Crippen LogP contribution in [0.4, 0.5) is 5.69 Å². The first-order chi connectivity index (χ1) is 12.6. The molecule has 0 unspecified atom stereocenters. The molecule has 3 aliphatic rings. The Morgan fingerprint density at radius 2 is 1.69 bits per heavy atom. The van der Waals surface area contributed by atoms with E-state index in [1.165, 1.54) is 20.0 Å². The third kappa shape index (κ3) is 2.96. The predicted molar refractivity (Wildman–Crippen MR) is 98.9 cm³/mol. The van der Waals surface area contributed by atoms with Gasteiger partial charge >= 0.3 is 5.97 Å². The summed E-state index contributed by atoms with van der Waals surface area (Å²) in [5.74, 6) is 1.05. The number of esters is 1. The molecule has 0 aromatic heterocycles. The summed E-state index contributed by atoms with van der Waals surface area (Å²) in [4.78, 5) is 28.8. The summed E-state index contributed by atoms with van der Waals surface area (Å²) in [6.07, 6.45) is 3.51. The monoisotopic (exact) mass is 357 g/mol. The molecule has 1 heterocycles. The normalized spacial score (nSPS) is 30.5. The molecule has 2 saturated carbocycles. The quantitative estimate of drug-likeness (QED) is 0.830. The Hall–Kier alpha value is -2.08. The van der Waals surface area contributed by atoms with Crippen LogP contribution >= 0.6 is 0 Å². The zero-order valence-electron chi connectivity index (χ0n) is 15.3. The van der Waals surface area contributed by atoms with Gasteiger partial charge in [-0.1, -0.05) is 0 Å². The Morgan fingerprint density at radius 3 is 2.27 bits per heavy atom. The molecular formula is C20H27N3O3. The van der Waals surface area contributed by atoms with E-state index in [-0.39, 0.29) is 23.8 Å². The van der Waals surface area contributed by atoms with Crippen molar-refractivity contribution in [3.05, 3.63) is 29.8 Å². The number of carbonyl (C=O) groups excluding carboxylic acids is 2. The number of hydrogen-bond acceptors (Lipinski definition) is 5. The van der Waals surface area contributed by atoms with Crippen molar-refractivity contribution in [2.24, 2.45) is 23.5 Å². The zero-order valence-corrected chi connectivity index (χ0v) is 15.3. The number of piperazine rings is 1. The van der Waals surface area contributed by atoms with Gasteiger partial charge in [0.05, 0.1) is 18.6 Å². The second-order valence-corrected chi connectivity index (χ2v) is 7.79. The van der Waals surface area contributed by atoms with E-state index in [4.69, 9.17) is 10.5 Å². The molecule has 4 rings (SSSR count). The highest BCUT2D eigenvalue weighted by Crippen LogP contribution is 2.48. The molecule has 2 aliphatic carbocycles. The Bertz CT molecular complexity index is 680. The maximum absolute atomic E-state index is 13.0. The molecule has 6 heteroatoms. The summed E-state index contributed by atoms with van der Waals surface area (Å²) in [6, 6.07) is 7.51. The zero-order chi connectivity index (χ0) is 18.3. The van der Waals surface area contributed by atoms with Gasteiger partial charge in [0.2, 0.25) is 5.91 Å². The number of benzene rings is 1. The minimum atomic E-state index is -0.325. The molecule has 4 atom stereocenters. The van der Waals surface area contributed by atoms with Crippen LogP contribution in [0.15, 0.2) is 24.3 Å². The van der Waals surface area contributed by atoms with Crippen LogP contribution in [-0.4, -0.2) is 56.1 Å². The first-order valence-electron chi connectivity index (χ1n) is 9.56. The number of nitrogens with zero attached hydrogens (tertiary/aromatic N) is 2. The van der Waals surface area contributed by atoms with E-state index in [1.807, 2.05) is 17.0 Å². The number of rotatable bonds is 3. The largest absolute Gasteiger partial charge is 0.465 e. The number of carbonyl (C=O) groups is 2. The van der Waals surface area contributed by atoms with Crippen LogP contribution in [0.5, 0.6) is 0 Å². The lowest BCUT2D eigenvalue weighted by Crippen LogP contribution is -2.54. The Morgan fingerprint density at radius 1 is 1.04 bits per heavy atom. The van der Waals surface area contributed by atoms with Crippen molar-refractivity contribution in [2.45, 2.75) is 25.3 Å². The molecule has 3 fully saturated rings. The fourth-order valence-electron chi connectivity index (χ4n) is 5.02. The van der Waals surface area contributed by atoms with Gasteiger partial charge in [0.25, 0.3) is 0 Å². The lowest BCUT2D eigenvalue weighted by Gasteiger charge is -2.39. The Labute approximate surface area is 154 Å². The molecule has 2 N–H and O–H groups in total. The number of fused-ring (bicyclic) bond motifs is 2. The second kappa shape index (κ2) is 6.91. The van der Waals surface area contributed by atoms with Gasteiger partial charge < -0.3 is 20.3 Å². The highest BCUT2D eigenvalue weighted by molar-refractivity contribution is 5.89. The Kier molecular flexibility index (Phi) is 4.61. The van der Waals surface area contributed by atoms with Crippen molar-refractivity contribution >= 4 is 17.6 Å².